The number of rotatable bonds is 8. The monoisotopic (exact) mass is 554 g/mol. The molecule has 0 saturated heterocycles. The molecule has 11 heteroatoms. The van der Waals surface area contributed by atoms with Crippen LogP contribution in [0.15, 0.2) is 65.6 Å². The Hall–Kier alpha value is -3.89. The number of hydrogen-bond donors (Lipinski definition) is 1. The van der Waals surface area contributed by atoms with E-state index in [1.165, 1.54) is 33.9 Å². The number of methoxy groups -OCH3 is 1. The van der Waals surface area contributed by atoms with Gasteiger partial charge in [0, 0.05) is 17.1 Å². The summed E-state index contributed by atoms with van der Waals surface area (Å²) in [6, 6.07) is 15.4. The van der Waals surface area contributed by atoms with Gasteiger partial charge in [-0.2, -0.15) is 9.78 Å². The van der Waals surface area contributed by atoms with Crippen LogP contribution in [-0.2, 0) is 22.6 Å². The van der Waals surface area contributed by atoms with Crippen molar-refractivity contribution in [2.24, 2.45) is 0 Å². The fourth-order valence-corrected chi connectivity index (χ4v) is 4.75. The number of thiophene rings is 1. The Labute approximate surface area is 228 Å². The summed E-state index contributed by atoms with van der Waals surface area (Å²) in [5.74, 6) is -0.205. The van der Waals surface area contributed by atoms with Crippen LogP contribution in [-0.4, -0.2) is 38.9 Å². The average Bonchev–Trinajstić information content (AvgIpc) is 3.48. The number of halogens is 1. The second-order valence-electron chi connectivity index (χ2n) is 9.33. The lowest BCUT2D eigenvalue weighted by molar-refractivity contribution is -0.155. The van der Waals surface area contributed by atoms with Crippen molar-refractivity contribution in [3.8, 4) is 17.0 Å². The van der Waals surface area contributed by atoms with E-state index < -0.39 is 23.0 Å². The molecule has 0 amide bonds. The highest BCUT2D eigenvalue weighted by molar-refractivity contribution is 7.16. The molecule has 4 rings (SSSR count). The minimum absolute atomic E-state index is 0.227. The highest BCUT2D eigenvalue weighted by Gasteiger charge is 2.22. The van der Waals surface area contributed by atoms with Crippen molar-refractivity contribution < 1.29 is 19.1 Å². The third kappa shape index (κ3) is 6.32. The van der Waals surface area contributed by atoms with E-state index in [4.69, 9.17) is 21.1 Å². The van der Waals surface area contributed by atoms with Gasteiger partial charge in [-0.05, 0) is 57.2 Å². The van der Waals surface area contributed by atoms with Gasteiger partial charge in [0.2, 0.25) is 0 Å². The number of esters is 1. The third-order valence-corrected chi connectivity index (χ3v) is 6.56. The lowest BCUT2D eigenvalue weighted by Gasteiger charge is -2.19. The first-order chi connectivity index (χ1) is 18.1. The van der Waals surface area contributed by atoms with Crippen LogP contribution >= 0.6 is 22.9 Å². The first-order valence-electron chi connectivity index (χ1n) is 11.7. The van der Waals surface area contributed by atoms with Gasteiger partial charge in [0.25, 0.3) is 11.5 Å². The number of ether oxygens (including phenoxy) is 2. The van der Waals surface area contributed by atoms with Gasteiger partial charge in [0.15, 0.2) is 0 Å². The van der Waals surface area contributed by atoms with Crippen molar-refractivity contribution in [3.05, 3.63) is 85.9 Å². The van der Waals surface area contributed by atoms with Crippen LogP contribution in [0.25, 0.3) is 11.3 Å². The first-order valence-corrected chi connectivity index (χ1v) is 12.9. The maximum Gasteiger partial charge on any atom is 0.326 e. The van der Waals surface area contributed by atoms with Gasteiger partial charge in [-0.3, -0.25) is 14.4 Å². The molecule has 38 heavy (non-hydrogen) atoms. The highest BCUT2D eigenvalue weighted by Crippen LogP contribution is 2.26. The minimum atomic E-state index is -0.677. The van der Waals surface area contributed by atoms with Gasteiger partial charge in [-0.1, -0.05) is 23.7 Å². The molecule has 3 heterocycles. The van der Waals surface area contributed by atoms with E-state index in [-0.39, 0.29) is 17.8 Å². The molecule has 0 saturated carbocycles. The molecule has 0 atom stereocenters. The Morgan fingerprint density at radius 3 is 2.55 bits per heavy atom. The van der Waals surface area contributed by atoms with Crippen LogP contribution in [0.1, 0.15) is 36.0 Å². The zero-order chi connectivity index (χ0) is 27.4. The molecule has 3 aromatic heterocycles. The zero-order valence-corrected chi connectivity index (χ0v) is 22.9. The molecule has 198 valence electrons. The number of hydrogen-bond acceptors (Lipinski definition) is 8. The highest BCUT2D eigenvalue weighted by atomic mass is 35.5. The van der Waals surface area contributed by atoms with Gasteiger partial charge in [0.1, 0.15) is 29.4 Å². The Morgan fingerprint density at radius 2 is 1.87 bits per heavy atom. The summed E-state index contributed by atoms with van der Waals surface area (Å²) < 4.78 is 13.8. The van der Waals surface area contributed by atoms with Crippen molar-refractivity contribution >= 4 is 40.6 Å². The largest absolute Gasteiger partial charge is 0.496 e. The summed E-state index contributed by atoms with van der Waals surface area (Å²) >= 11 is 7.47. The van der Waals surface area contributed by atoms with Crippen LogP contribution in [0.2, 0.25) is 4.34 Å². The Morgan fingerprint density at radius 1 is 1.11 bits per heavy atom. The van der Waals surface area contributed by atoms with E-state index >= 15 is 0 Å². The molecule has 0 spiro atoms. The van der Waals surface area contributed by atoms with Gasteiger partial charge >= 0.3 is 5.97 Å². The van der Waals surface area contributed by atoms with Crippen molar-refractivity contribution in [3.63, 3.8) is 0 Å². The van der Waals surface area contributed by atoms with E-state index in [0.29, 0.717) is 28.0 Å². The molecular weight excluding hydrogens is 528 g/mol. The van der Waals surface area contributed by atoms with Crippen LogP contribution in [0.4, 0.5) is 5.82 Å². The van der Waals surface area contributed by atoms with Crippen molar-refractivity contribution in [2.45, 2.75) is 39.5 Å². The van der Waals surface area contributed by atoms with Gasteiger partial charge < -0.3 is 19.4 Å². The molecule has 0 aliphatic heterocycles. The van der Waals surface area contributed by atoms with Gasteiger partial charge in [-0.15, -0.1) is 11.3 Å². The number of carbonyl (C=O) groups excluding carboxylic acids is 2. The second kappa shape index (κ2) is 11.2. The van der Waals surface area contributed by atoms with Crippen LogP contribution < -0.4 is 15.6 Å². The molecule has 9 nitrogen and oxygen atoms in total. The summed E-state index contributed by atoms with van der Waals surface area (Å²) in [5, 5.41) is 7.71. The van der Waals surface area contributed by atoms with E-state index in [1.807, 2.05) is 6.07 Å². The number of nitrogens with zero attached hydrogens (tertiary/aromatic N) is 3. The number of anilines is 1. The van der Waals surface area contributed by atoms with E-state index in [2.05, 4.69) is 10.4 Å². The first kappa shape index (κ1) is 27.2. The molecule has 0 fully saturated rings. The maximum atomic E-state index is 13.6. The molecule has 0 radical (unpaired) electrons. The molecular formula is C27H27ClN4O5S. The van der Waals surface area contributed by atoms with Crippen molar-refractivity contribution in [1.29, 1.82) is 0 Å². The molecule has 0 aliphatic carbocycles. The summed E-state index contributed by atoms with van der Waals surface area (Å²) in [6.45, 7) is 5.41. The van der Waals surface area contributed by atoms with E-state index in [1.54, 1.807) is 69.3 Å². The second-order valence-corrected chi connectivity index (χ2v) is 11.1. The number of para-hydroxylation sites is 1. The van der Waals surface area contributed by atoms with E-state index in [0.717, 1.165) is 4.88 Å². The molecule has 0 aliphatic rings. The lowest BCUT2D eigenvalue weighted by atomic mass is 10.2. The standard InChI is InChI=1S/C27H27ClN4O5S/c1-27(2,3)37-24(33)16-31-13-7-9-18(25(31)34)20-14-23(29-15-17-11-12-22(28)38-17)32(30-20)26(35)19-8-5-6-10-21(19)36-4/h5-14,29H,15-16H2,1-4H3. The number of benzene rings is 1. The Kier molecular flexibility index (Phi) is 8.03. The van der Waals surface area contributed by atoms with Crippen LogP contribution in [0, 0.1) is 0 Å². The lowest BCUT2D eigenvalue weighted by Crippen LogP contribution is -2.30. The quantitative estimate of drug-likeness (QED) is 0.303. The van der Waals surface area contributed by atoms with Crippen molar-refractivity contribution in [2.75, 3.05) is 12.4 Å². The van der Waals surface area contributed by atoms with Crippen LogP contribution in [0.5, 0.6) is 5.75 Å². The summed E-state index contributed by atoms with van der Waals surface area (Å²) in [4.78, 5) is 40.1. The van der Waals surface area contributed by atoms with Crippen LogP contribution in [0.3, 0.4) is 0 Å². The number of nitrogens with one attached hydrogen (secondary N) is 1. The number of aromatic nitrogens is 3. The topological polar surface area (TPSA) is 104 Å². The molecule has 0 unspecified atom stereocenters. The average molecular weight is 555 g/mol. The minimum Gasteiger partial charge on any atom is -0.496 e. The summed E-state index contributed by atoms with van der Waals surface area (Å²) in [5.41, 5.74) is -0.316. The predicted octanol–water partition coefficient (Wildman–Crippen LogP) is 5.08. The molecule has 4 aromatic rings. The SMILES string of the molecule is COc1ccccc1C(=O)n1nc(-c2cccn(CC(=O)OC(C)(C)C)c2=O)cc1NCc1ccc(Cl)s1. The van der Waals surface area contributed by atoms with Gasteiger partial charge in [0.05, 0.1) is 29.1 Å². The van der Waals surface area contributed by atoms with E-state index in [9.17, 15) is 14.4 Å². The third-order valence-electron chi connectivity index (χ3n) is 5.33. The smallest absolute Gasteiger partial charge is 0.326 e. The van der Waals surface area contributed by atoms with Crippen molar-refractivity contribution in [1.82, 2.24) is 14.3 Å². The predicted molar refractivity (Wildman–Crippen MR) is 147 cm³/mol. The Balaban J connectivity index is 1.72. The number of pyridine rings is 1. The molecule has 1 aromatic carbocycles. The summed E-state index contributed by atoms with van der Waals surface area (Å²) in [7, 11) is 1.48. The normalized spacial score (nSPS) is 11.3. The molecule has 1 N–H and O–H groups in total. The fraction of sp³-hybridized carbons (Fsp3) is 0.259. The maximum absolute atomic E-state index is 13.6. The van der Waals surface area contributed by atoms with Gasteiger partial charge in [-0.25, -0.2) is 0 Å². The summed E-state index contributed by atoms with van der Waals surface area (Å²) in [6.07, 6.45) is 1.51. The zero-order valence-electron chi connectivity index (χ0n) is 21.4. The molecule has 0 bridgehead atoms. The number of carbonyl (C=O) groups is 2. The fourth-order valence-electron chi connectivity index (χ4n) is 3.72. The Bertz CT molecular complexity index is 1530.